The van der Waals surface area contributed by atoms with Crippen LogP contribution < -0.4 is 0 Å². The van der Waals surface area contributed by atoms with Gasteiger partial charge in [-0.15, -0.1) is 11.3 Å². The molecule has 0 aromatic carbocycles. The van der Waals surface area contributed by atoms with E-state index >= 15 is 0 Å². The fourth-order valence-electron chi connectivity index (χ4n) is 0.655. The third-order valence-corrected chi connectivity index (χ3v) is 3.54. The summed E-state index contributed by atoms with van der Waals surface area (Å²) in [4.78, 5) is 1.22. The third kappa shape index (κ3) is 2.23. The number of hydrogen-bond acceptors (Lipinski definition) is 2. The zero-order valence-electron chi connectivity index (χ0n) is 5.87. The Kier molecular flexibility index (Phi) is 3.09. The van der Waals surface area contributed by atoms with Crippen LogP contribution in [0.25, 0.3) is 0 Å². The molecular formula is C7H10OS2. The van der Waals surface area contributed by atoms with Gasteiger partial charge in [0.2, 0.25) is 0 Å². The van der Waals surface area contributed by atoms with Crippen molar-refractivity contribution in [2.75, 3.05) is 5.75 Å². The van der Waals surface area contributed by atoms with E-state index in [1.54, 1.807) is 11.3 Å². The summed E-state index contributed by atoms with van der Waals surface area (Å²) < 4.78 is 11.0. The van der Waals surface area contributed by atoms with E-state index in [0.717, 1.165) is 11.5 Å². The molecule has 3 heteroatoms. The minimum atomic E-state index is -0.646. The SMILES string of the molecule is CCS(=O)Cc1cccs1. The Morgan fingerprint density at radius 3 is 3.00 bits per heavy atom. The summed E-state index contributed by atoms with van der Waals surface area (Å²) in [6.07, 6.45) is 0. The summed E-state index contributed by atoms with van der Waals surface area (Å²) in [7, 11) is -0.646. The van der Waals surface area contributed by atoms with Crippen LogP contribution in [-0.2, 0) is 16.6 Å². The summed E-state index contributed by atoms with van der Waals surface area (Å²) >= 11 is 1.67. The molecule has 0 bridgehead atoms. The molecule has 1 heterocycles. The van der Waals surface area contributed by atoms with Crippen molar-refractivity contribution in [1.82, 2.24) is 0 Å². The van der Waals surface area contributed by atoms with E-state index in [-0.39, 0.29) is 0 Å². The highest BCUT2D eigenvalue weighted by molar-refractivity contribution is 7.84. The lowest BCUT2D eigenvalue weighted by molar-refractivity contribution is 0.683. The average molecular weight is 174 g/mol. The molecule has 0 amide bonds. The van der Waals surface area contributed by atoms with Gasteiger partial charge >= 0.3 is 0 Å². The maximum Gasteiger partial charge on any atom is 0.0579 e. The van der Waals surface area contributed by atoms with Crippen molar-refractivity contribution in [3.8, 4) is 0 Å². The van der Waals surface area contributed by atoms with Crippen LogP contribution >= 0.6 is 11.3 Å². The average Bonchev–Trinajstić information content (AvgIpc) is 2.40. The molecule has 10 heavy (non-hydrogen) atoms. The van der Waals surface area contributed by atoms with E-state index in [1.165, 1.54) is 4.88 Å². The lowest BCUT2D eigenvalue weighted by Gasteiger charge is -1.92. The second-order valence-corrected chi connectivity index (χ2v) is 4.73. The first kappa shape index (κ1) is 7.95. The molecule has 0 saturated carbocycles. The van der Waals surface area contributed by atoms with Crippen molar-refractivity contribution >= 4 is 22.1 Å². The lowest BCUT2D eigenvalue weighted by Crippen LogP contribution is -1.94. The number of hydrogen-bond donors (Lipinski definition) is 0. The van der Waals surface area contributed by atoms with Gasteiger partial charge in [0.15, 0.2) is 0 Å². The van der Waals surface area contributed by atoms with Crippen LogP contribution in [0.1, 0.15) is 11.8 Å². The minimum Gasteiger partial charge on any atom is -0.259 e. The Labute approximate surface area is 67.5 Å². The Morgan fingerprint density at radius 2 is 2.50 bits per heavy atom. The zero-order chi connectivity index (χ0) is 7.40. The summed E-state index contributed by atoms with van der Waals surface area (Å²) in [5.41, 5.74) is 0. The highest BCUT2D eigenvalue weighted by Crippen LogP contribution is 2.10. The quantitative estimate of drug-likeness (QED) is 0.685. The first-order valence-corrected chi connectivity index (χ1v) is 5.57. The van der Waals surface area contributed by atoms with E-state index < -0.39 is 10.8 Å². The smallest absolute Gasteiger partial charge is 0.0579 e. The van der Waals surface area contributed by atoms with Crippen LogP contribution in [0, 0.1) is 0 Å². The van der Waals surface area contributed by atoms with Crippen LogP contribution in [0.5, 0.6) is 0 Å². The molecule has 1 atom stereocenters. The van der Waals surface area contributed by atoms with Gasteiger partial charge in [-0.05, 0) is 11.4 Å². The number of rotatable bonds is 3. The molecule has 1 aromatic heterocycles. The predicted octanol–water partition coefficient (Wildman–Crippen LogP) is 2.02. The minimum absolute atomic E-state index is 0.646. The standard InChI is InChI=1S/C7H10OS2/c1-2-10(8)6-7-4-3-5-9-7/h3-5H,2,6H2,1H3. The fourth-order valence-corrected chi connectivity index (χ4v) is 2.43. The molecule has 1 rings (SSSR count). The topological polar surface area (TPSA) is 17.1 Å². The normalized spacial score (nSPS) is 13.3. The highest BCUT2D eigenvalue weighted by atomic mass is 32.2. The van der Waals surface area contributed by atoms with Crippen LogP contribution in [0.15, 0.2) is 17.5 Å². The van der Waals surface area contributed by atoms with Gasteiger partial charge in [-0.1, -0.05) is 13.0 Å². The van der Waals surface area contributed by atoms with Gasteiger partial charge in [-0.2, -0.15) is 0 Å². The second kappa shape index (κ2) is 3.88. The van der Waals surface area contributed by atoms with Crippen LogP contribution in [0.2, 0.25) is 0 Å². The van der Waals surface area contributed by atoms with Gasteiger partial charge in [0, 0.05) is 21.4 Å². The van der Waals surface area contributed by atoms with Crippen molar-refractivity contribution in [2.45, 2.75) is 12.7 Å². The van der Waals surface area contributed by atoms with Crippen LogP contribution in [-0.4, -0.2) is 9.96 Å². The molecule has 0 aliphatic carbocycles. The summed E-state index contributed by atoms with van der Waals surface area (Å²) in [5, 5.41) is 2.02. The molecule has 0 aliphatic heterocycles. The molecule has 1 unspecified atom stereocenters. The molecule has 0 aliphatic rings. The van der Waals surface area contributed by atoms with Gasteiger partial charge in [0.25, 0.3) is 0 Å². The van der Waals surface area contributed by atoms with Crippen molar-refractivity contribution in [3.05, 3.63) is 22.4 Å². The van der Waals surface area contributed by atoms with Gasteiger partial charge in [-0.3, -0.25) is 4.21 Å². The lowest BCUT2D eigenvalue weighted by atomic mass is 10.5. The third-order valence-electron chi connectivity index (χ3n) is 1.21. The Balaban J connectivity index is 2.48. The molecule has 1 aromatic rings. The van der Waals surface area contributed by atoms with Gasteiger partial charge in [-0.25, -0.2) is 0 Å². The van der Waals surface area contributed by atoms with Gasteiger partial charge in [0.1, 0.15) is 0 Å². The van der Waals surface area contributed by atoms with E-state index in [1.807, 2.05) is 24.4 Å². The maximum absolute atomic E-state index is 11.0. The highest BCUT2D eigenvalue weighted by Gasteiger charge is 1.97. The van der Waals surface area contributed by atoms with Crippen molar-refractivity contribution < 1.29 is 4.21 Å². The Morgan fingerprint density at radius 1 is 1.70 bits per heavy atom. The molecule has 56 valence electrons. The molecule has 0 N–H and O–H groups in total. The van der Waals surface area contributed by atoms with Gasteiger partial charge < -0.3 is 0 Å². The molecule has 0 fully saturated rings. The van der Waals surface area contributed by atoms with E-state index in [9.17, 15) is 4.21 Å². The van der Waals surface area contributed by atoms with E-state index in [2.05, 4.69) is 0 Å². The van der Waals surface area contributed by atoms with E-state index in [0.29, 0.717) is 0 Å². The predicted molar refractivity (Wildman–Crippen MR) is 46.7 cm³/mol. The maximum atomic E-state index is 11.0. The molecular weight excluding hydrogens is 164 g/mol. The largest absolute Gasteiger partial charge is 0.259 e. The first-order chi connectivity index (χ1) is 4.83. The fraction of sp³-hybridized carbons (Fsp3) is 0.429. The Bertz CT molecular complexity index is 203. The zero-order valence-corrected chi connectivity index (χ0v) is 7.50. The van der Waals surface area contributed by atoms with Crippen molar-refractivity contribution in [2.24, 2.45) is 0 Å². The first-order valence-electron chi connectivity index (χ1n) is 3.20. The second-order valence-electron chi connectivity index (χ2n) is 1.95. The van der Waals surface area contributed by atoms with Crippen LogP contribution in [0.3, 0.4) is 0 Å². The van der Waals surface area contributed by atoms with Crippen molar-refractivity contribution in [3.63, 3.8) is 0 Å². The molecule has 0 radical (unpaired) electrons. The van der Waals surface area contributed by atoms with Gasteiger partial charge in [0.05, 0.1) is 5.75 Å². The Hall–Kier alpha value is -0.150. The summed E-state index contributed by atoms with van der Waals surface area (Å²) in [6, 6.07) is 4.02. The monoisotopic (exact) mass is 174 g/mol. The summed E-state index contributed by atoms with van der Waals surface area (Å²) in [6.45, 7) is 1.95. The molecule has 1 nitrogen and oxygen atoms in total. The summed E-state index contributed by atoms with van der Waals surface area (Å²) in [5.74, 6) is 1.49. The molecule has 0 spiro atoms. The molecule has 0 saturated heterocycles. The van der Waals surface area contributed by atoms with E-state index in [4.69, 9.17) is 0 Å². The van der Waals surface area contributed by atoms with Crippen molar-refractivity contribution in [1.29, 1.82) is 0 Å². The van der Waals surface area contributed by atoms with Crippen LogP contribution in [0.4, 0.5) is 0 Å². The number of thiophene rings is 1.